The molecule has 3 rings (SSSR count). The smallest absolute Gasteiger partial charge is 0.241 e. The zero-order valence-electron chi connectivity index (χ0n) is 13.0. The van der Waals surface area contributed by atoms with E-state index in [-0.39, 0.29) is 10.5 Å². The van der Waals surface area contributed by atoms with Crippen molar-refractivity contribution in [2.45, 2.75) is 24.5 Å². The first-order chi connectivity index (χ1) is 11.7. The molecule has 132 valence electrons. The molecule has 0 fully saturated rings. The normalized spacial score (nSPS) is 12.6. The Balaban J connectivity index is 1.87. The van der Waals surface area contributed by atoms with E-state index < -0.39 is 28.3 Å². The Labute approximate surface area is 146 Å². The SMILES string of the molecule is Cc1nc2cc(S(=O)(=O)NCc3ccccc3C(F)(F)F)ccc2s1. The van der Waals surface area contributed by atoms with Gasteiger partial charge in [-0.05, 0) is 36.8 Å². The van der Waals surface area contributed by atoms with Gasteiger partial charge < -0.3 is 0 Å². The number of benzene rings is 2. The largest absolute Gasteiger partial charge is 0.416 e. The van der Waals surface area contributed by atoms with Crippen LogP contribution in [-0.2, 0) is 22.7 Å². The topological polar surface area (TPSA) is 59.1 Å². The van der Waals surface area contributed by atoms with Gasteiger partial charge in [0, 0.05) is 6.54 Å². The van der Waals surface area contributed by atoms with Crippen molar-refractivity contribution in [3.05, 3.63) is 58.6 Å². The first-order valence-corrected chi connectivity index (χ1v) is 9.49. The zero-order valence-corrected chi connectivity index (χ0v) is 14.6. The molecule has 0 atom stereocenters. The summed E-state index contributed by atoms with van der Waals surface area (Å²) in [5.41, 5.74) is -0.450. The Morgan fingerprint density at radius 3 is 2.60 bits per heavy atom. The highest BCUT2D eigenvalue weighted by molar-refractivity contribution is 7.89. The summed E-state index contributed by atoms with van der Waals surface area (Å²) >= 11 is 1.44. The third kappa shape index (κ3) is 3.83. The van der Waals surface area contributed by atoms with Crippen LogP contribution in [0, 0.1) is 6.92 Å². The summed E-state index contributed by atoms with van der Waals surface area (Å²) in [6, 6.07) is 9.33. The van der Waals surface area contributed by atoms with Gasteiger partial charge in [-0.3, -0.25) is 0 Å². The van der Waals surface area contributed by atoms with E-state index in [9.17, 15) is 21.6 Å². The Morgan fingerprint density at radius 1 is 1.16 bits per heavy atom. The van der Waals surface area contributed by atoms with Crippen LogP contribution in [0.3, 0.4) is 0 Å². The van der Waals surface area contributed by atoms with Gasteiger partial charge >= 0.3 is 6.18 Å². The van der Waals surface area contributed by atoms with Crippen molar-refractivity contribution in [2.75, 3.05) is 0 Å². The van der Waals surface area contributed by atoms with Crippen LogP contribution in [-0.4, -0.2) is 13.4 Å². The van der Waals surface area contributed by atoms with Gasteiger partial charge in [-0.2, -0.15) is 13.2 Å². The maximum absolute atomic E-state index is 13.0. The molecule has 0 aliphatic heterocycles. The summed E-state index contributed by atoms with van der Waals surface area (Å²) in [5.74, 6) is 0. The van der Waals surface area contributed by atoms with Crippen molar-refractivity contribution >= 4 is 31.6 Å². The second-order valence-electron chi connectivity index (χ2n) is 5.34. The number of thiazole rings is 1. The van der Waals surface area contributed by atoms with Crippen molar-refractivity contribution in [1.82, 2.24) is 9.71 Å². The molecule has 1 N–H and O–H groups in total. The van der Waals surface area contributed by atoms with Crippen LogP contribution in [0.2, 0.25) is 0 Å². The molecule has 0 aliphatic rings. The average molecular weight is 386 g/mol. The summed E-state index contributed by atoms with van der Waals surface area (Å²) in [6.45, 7) is 1.36. The van der Waals surface area contributed by atoms with Crippen molar-refractivity contribution in [3.63, 3.8) is 0 Å². The zero-order chi connectivity index (χ0) is 18.2. The lowest BCUT2D eigenvalue weighted by atomic mass is 10.1. The molecule has 0 saturated heterocycles. The lowest BCUT2D eigenvalue weighted by Crippen LogP contribution is -2.24. The lowest BCUT2D eigenvalue weighted by Gasteiger charge is -2.13. The molecule has 0 spiro atoms. The maximum Gasteiger partial charge on any atom is 0.416 e. The molecule has 25 heavy (non-hydrogen) atoms. The second-order valence-corrected chi connectivity index (χ2v) is 8.34. The molecule has 1 heterocycles. The minimum Gasteiger partial charge on any atom is -0.241 e. The molecule has 0 bridgehead atoms. The lowest BCUT2D eigenvalue weighted by molar-refractivity contribution is -0.138. The van der Waals surface area contributed by atoms with E-state index in [1.165, 1.54) is 41.7 Å². The highest BCUT2D eigenvalue weighted by Crippen LogP contribution is 2.32. The minimum absolute atomic E-state index is 0.0326. The summed E-state index contributed by atoms with van der Waals surface area (Å²) in [7, 11) is -3.96. The first kappa shape index (κ1) is 17.8. The highest BCUT2D eigenvalue weighted by atomic mass is 32.2. The number of rotatable bonds is 4. The van der Waals surface area contributed by atoms with Crippen LogP contribution >= 0.6 is 11.3 Å². The van der Waals surface area contributed by atoms with Crippen molar-refractivity contribution in [1.29, 1.82) is 0 Å². The number of nitrogens with zero attached hydrogens (tertiary/aromatic N) is 1. The molecule has 3 aromatic rings. The summed E-state index contributed by atoms with van der Waals surface area (Å²) in [4.78, 5) is 4.20. The summed E-state index contributed by atoms with van der Waals surface area (Å²) in [6.07, 6.45) is -4.54. The molecule has 0 saturated carbocycles. The average Bonchev–Trinajstić information content (AvgIpc) is 2.91. The van der Waals surface area contributed by atoms with E-state index in [0.717, 1.165) is 15.8 Å². The number of halogens is 3. The number of alkyl halides is 3. The van der Waals surface area contributed by atoms with Crippen molar-refractivity contribution in [2.24, 2.45) is 0 Å². The predicted molar refractivity (Wildman–Crippen MR) is 89.8 cm³/mol. The molecular weight excluding hydrogens is 373 g/mol. The Morgan fingerprint density at radius 2 is 1.88 bits per heavy atom. The summed E-state index contributed by atoms with van der Waals surface area (Å²) < 4.78 is 66.8. The van der Waals surface area contributed by atoms with Gasteiger partial charge in [-0.15, -0.1) is 11.3 Å². The van der Waals surface area contributed by atoms with Gasteiger partial charge in [0.25, 0.3) is 0 Å². The van der Waals surface area contributed by atoms with Gasteiger partial charge in [0.15, 0.2) is 0 Å². The molecule has 0 unspecified atom stereocenters. The fourth-order valence-corrected chi connectivity index (χ4v) is 4.23. The fraction of sp³-hybridized carbons (Fsp3) is 0.188. The Bertz CT molecular complexity index is 1030. The Hall–Kier alpha value is -1.97. The van der Waals surface area contributed by atoms with Crippen molar-refractivity contribution < 1.29 is 21.6 Å². The second kappa shape index (κ2) is 6.40. The first-order valence-electron chi connectivity index (χ1n) is 7.19. The third-order valence-electron chi connectivity index (χ3n) is 3.55. The number of hydrogen-bond acceptors (Lipinski definition) is 4. The number of hydrogen-bond donors (Lipinski definition) is 1. The number of aromatic nitrogens is 1. The highest BCUT2D eigenvalue weighted by Gasteiger charge is 2.33. The van der Waals surface area contributed by atoms with Gasteiger partial charge in [0.1, 0.15) is 0 Å². The van der Waals surface area contributed by atoms with E-state index in [2.05, 4.69) is 9.71 Å². The predicted octanol–water partition coefficient (Wildman–Crippen LogP) is 4.10. The molecular formula is C16H13F3N2O2S2. The fourth-order valence-electron chi connectivity index (χ4n) is 2.40. The quantitative estimate of drug-likeness (QED) is 0.734. The monoisotopic (exact) mass is 386 g/mol. The van der Waals surface area contributed by atoms with Crippen LogP contribution in [0.1, 0.15) is 16.1 Å². The molecule has 0 aliphatic carbocycles. The van der Waals surface area contributed by atoms with Gasteiger partial charge in [0.2, 0.25) is 10.0 Å². The van der Waals surface area contributed by atoms with Crippen LogP contribution in [0.25, 0.3) is 10.2 Å². The van der Waals surface area contributed by atoms with Crippen molar-refractivity contribution in [3.8, 4) is 0 Å². The van der Waals surface area contributed by atoms with E-state index in [4.69, 9.17) is 0 Å². The van der Waals surface area contributed by atoms with E-state index in [0.29, 0.717) is 5.52 Å². The van der Waals surface area contributed by atoms with Crippen LogP contribution in [0.5, 0.6) is 0 Å². The van der Waals surface area contributed by atoms with Crippen LogP contribution < -0.4 is 4.72 Å². The molecule has 0 radical (unpaired) electrons. The number of sulfonamides is 1. The number of nitrogens with one attached hydrogen (secondary N) is 1. The molecule has 1 aromatic heterocycles. The standard InChI is InChI=1S/C16H13F3N2O2S2/c1-10-21-14-8-12(6-7-15(14)24-10)25(22,23)20-9-11-4-2-3-5-13(11)16(17,18)19/h2-8,20H,9H2,1H3. The van der Waals surface area contributed by atoms with E-state index in [1.54, 1.807) is 6.07 Å². The number of fused-ring (bicyclic) bond motifs is 1. The van der Waals surface area contributed by atoms with Gasteiger partial charge in [-0.25, -0.2) is 18.1 Å². The molecule has 9 heteroatoms. The van der Waals surface area contributed by atoms with E-state index in [1.807, 2.05) is 6.92 Å². The van der Waals surface area contributed by atoms with Crippen LogP contribution in [0.15, 0.2) is 47.4 Å². The molecule has 2 aromatic carbocycles. The van der Waals surface area contributed by atoms with E-state index >= 15 is 0 Å². The number of aryl methyl sites for hydroxylation is 1. The molecule has 0 amide bonds. The van der Waals surface area contributed by atoms with Gasteiger partial charge in [0.05, 0.1) is 25.7 Å². The maximum atomic E-state index is 13.0. The summed E-state index contributed by atoms with van der Waals surface area (Å²) in [5, 5.41) is 0.802. The molecule has 4 nitrogen and oxygen atoms in total. The third-order valence-corrected chi connectivity index (χ3v) is 5.90. The van der Waals surface area contributed by atoms with Crippen LogP contribution in [0.4, 0.5) is 13.2 Å². The van der Waals surface area contributed by atoms with Gasteiger partial charge in [-0.1, -0.05) is 18.2 Å². The minimum atomic E-state index is -4.54. The Kier molecular flexibility index (Phi) is 4.56.